The molecule has 206 valence electrons. The van der Waals surface area contributed by atoms with Crippen LogP contribution >= 0.6 is 11.8 Å². The average molecular weight is 541 g/mol. The Balaban J connectivity index is 1.72. The van der Waals surface area contributed by atoms with Gasteiger partial charge in [-0.2, -0.15) is 0 Å². The van der Waals surface area contributed by atoms with Crippen molar-refractivity contribution in [3.63, 3.8) is 0 Å². The van der Waals surface area contributed by atoms with Crippen molar-refractivity contribution in [1.29, 1.82) is 0 Å². The van der Waals surface area contributed by atoms with Crippen LogP contribution < -0.4 is 0 Å². The molecule has 0 aromatic heterocycles. The molecule has 2 bridgehead atoms. The first-order valence-electron chi connectivity index (χ1n) is 13.6. The second-order valence-corrected chi connectivity index (χ2v) is 12.7. The minimum Gasteiger partial charge on any atom is -0.465 e. The maximum absolute atomic E-state index is 14.4. The summed E-state index contributed by atoms with van der Waals surface area (Å²) in [6, 6.07) is 8.47. The predicted molar refractivity (Wildman–Crippen MR) is 149 cm³/mol. The number of hydrogen-bond donors (Lipinski definition) is 1. The molecular formula is C30H40N2O5S. The highest BCUT2D eigenvalue weighted by atomic mass is 32.2. The standard InChI is InChI=1S/C30H40N2O5S/c1-5-8-12-18-37-28(36)24-23-26(34)32(22(7-3)20-33)25(30(23)16-15-29(24,4)38-30)27(35)31(17-6-2)19-21-13-10-9-11-14-21/h5-6,9-11,13-14,22-25,33H,1-2,7-8,12,15-20H2,3-4H3/t22-,23-,24-,25?,29+,30?/m0/s1. The monoisotopic (exact) mass is 540 g/mol. The molecule has 1 aromatic rings. The lowest BCUT2D eigenvalue weighted by Gasteiger charge is -2.39. The number of carbonyl (C=O) groups excluding carboxylic acids is 3. The van der Waals surface area contributed by atoms with E-state index in [1.165, 1.54) is 0 Å². The van der Waals surface area contributed by atoms with Crippen LogP contribution in [0.25, 0.3) is 0 Å². The number of esters is 1. The SMILES string of the molecule is C=CCCCOC(=O)[C@@H]1[C@H]2C(=O)N([C@@H](CC)CO)C(C(=O)N(CC=C)Cc3ccccc3)C23CC[C@@]1(C)S3. The van der Waals surface area contributed by atoms with E-state index in [-0.39, 0.29) is 31.0 Å². The number of unbranched alkanes of at least 4 members (excludes halogenated alkanes) is 1. The van der Waals surface area contributed by atoms with Gasteiger partial charge in [-0.25, -0.2) is 0 Å². The highest BCUT2D eigenvalue weighted by molar-refractivity contribution is 8.02. The highest BCUT2D eigenvalue weighted by Gasteiger charge is 2.78. The summed E-state index contributed by atoms with van der Waals surface area (Å²) in [5.74, 6) is -2.02. The van der Waals surface area contributed by atoms with E-state index in [0.29, 0.717) is 32.4 Å². The van der Waals surface area contributed by atoms with Crippen molar-refractivity contribution in [3.05, 3.63) is 61.2 Å². The second kappa shape index (κ2) is 11.7. The van der Waals surface area contributed by atoms with Gasteiger partial charge in [0.05, 0.1) is 35.8 Å². The quantitative estimate of drug-likeness (QED) is 0.232. The number of likely N-dealkylation sites (tertiary alicyclic amines) is 1. The summed E-state index contributed by atoms with van der Waals surface area (Å²) in [5.41, 5.74) is 0.984. The maximum atomic E-state index is 14.4. The van der Waals surface area contributed by atoms with Gasteiger partial charge in [-0.1, -0.05) is 49.4 Å². The molecule has 0 saturated carbocycles. The molecule has 3 fully saturated rings. The van der Waals surface area contributed by atoms with Gasteiger partial charge in [0.1, 0.15) is 6.04 Å². The summed E-state index contributed by atoms with van der Waals surface area (Å²) in [4.78, 5) is 45.5. The van der Waals surface area contributed by atoms with Crippen LogP contribution in [0.2, 0.25) is 0 Å². The molecule has 8 heteroatoms. The molecule has 4 rings (SSSR count). The van der Waals surface area contributed by atoms with Gasteiger partial charge in [0.15, 0.2) is 0 Å². The Morgan fingerprint density at radius 3 is 2.63 bits per heavy atom. The first-order chi connectivity index (χ1) is 18.3. The molecule has 3 aliphatic heterocycles. The molecule has 1 spiro atoms. The minimum atomic E-state index is -0.772. The minimum absolute atomic E-state index is 0.159. The van der Waals surface area contributed by atoms with Crippen molar-refractivity contribution < 1.29 is 24.2 Å². The number of carbonyl (C=O) groups is 3. The van der Waals surface area contributed by atoms with Crippen molar-refractivity contribution in [2.24, 2.45) is 11.8 Å². The molecule has 0 radical (unpaired) electrons. The fourth-order valence-electron chi connectivity index (χ4n) is 6.66. The Labute approximate surface area is 230 Å². The van der Waals surface area contributed by atoms with Crippen molar-refractivity contribution in [2.45, 2.75) is 74.1 Å². The number of amides is 2. The number of rotatable bonds is 13. The van der Waals surface area contributed by atoms with Crippen molar-refractivity contribution >= 4 is 29.5 Å². The van der Waals surface area contributed by atoms with E-state index in [4.69, 9.17) is 4.74 Å². The number of aliphatic hydroxyl groups is 1. The van der Waals surface area contributed by atoms with Gasteiger partial charge in [-0.3, -0.25) is 14.4 Å². The molecule has 6 atom stereocenters. The van der Waals surface area contributed by atoms with Gasteiger partial charge in [0, 0.05) is 17.8 Å². The molecule has 0 aliphatic carbocycles. The third-order valence-electron chi connectivity index (χ3n) is 8.45. The zero-order valence-electron chi connectivity index (χ0n) is 22.5. The fraction of sp³-hybridized carbons (Fsp3) is 0.567. The number of ether oxygens (including phenoxy) is 1. The van der Waals surface area contributed by atoms with Crippen molar-refractivity contribution in [1.82, 2.24) is 9.80 Å². The largest absolute Gasteiger partial charge is 0.465 e. The zero-order valence-corrected chi connectivity index (χ0v) is 23.3. The second-order valence-electron chi connectivity index (χ2n) is 10.8. The highest BCUT2D eigenvalue weighted by Crippen LogP contribution is 2.71. The molecular weight excluding hydrogens is 500 g/mol. The van der Waals surface area contributed by atoms with Crippen LogP contribution in [0.1, 0.15) is 51.5 Å². The summed E-state index contributed by atoms with van der Waals surface area (Å²) in [6.45, 7) is 12.3. The first kappa shape index (κ1) is 28.4. The number of hydrogen-bond acceptors (Lipinski definition) is 6. The Morgan fingerprint density at radius 2 is 2.00 bits per heavy atom. The van der Waals surface area contributed by atoms with E-state index < -0.39 is 33.4 Å². The number of thioether (sulfide) groups is 1. The Morgan fingerprint density at radius 1 is 1.26 bits per heavy atom. The van der Waals surface area contributed by atoms with Crippen molar-refractivity contribution in [3.8, 4) is 0 Å². The van der Waals surface area contributed by atoms with Gasteiger partial charge in [0.25, 0.3) is 0 Å². The summed E-state index contributed by atoms with van der Waals surface area (Å²) < 4.78 is 4.45. The van der Waals surface area contributed by atoms with Gasteiger partial charge in [-0.15, -0.1) is 24.9 Å². The van der Waals surface area contributed by atoms with Crippen LogP contribution in [-0.4, -0.2) is 74.0 Å². The van der Waals surface area contributed by atoms with E-state index in [9.17, 15) is 19.5 Å². The van der Waals surface area contributed by atoms with Crippen LogP contribution in [0.15, 0.2) is 55.6 Å². The summed E-state index contributed by atoms with van der Waals surface area (Å²) in [6.07, 6.45) is 6.81. The number of nitrogens with zero attached hydrogens (tertiary/aromatic N) is 2. The van der Waals surface area contributed by atoms with E-state index in [1.807, 2.05) is 44.2 Å². The van der Waals surface area contributed by atoms with Crippen LogP contribution in [0.5, 0.6) is 0 Å². The Hall–Kier alpha value is -2.58. The number of aliphatic hydroxyl groups excluding tert-OH is 1. The summed E-state index contributed by atoms with van der Waals surface area (Å²) >= 11 is 1.62. The topological polar surface area (TPSA) is 87.1 Å². The van der Waals surface area contributed by atoms with Crippen LogP contribution in [-0.2, 0) is 25.7 Å². The van der Waals surface area contributed by atoms with E-state index >= 15 is 0 Å². The number of benzene rings is 1. The zero-order chi connectivity index (χ0) is 27.5. The van der Waals surface area contributed by atoms with Gasteiger partial charge in [-0.05, 0) is 44.6 Å². The molecule has 1 N–H and O–H groups in total. The number of allylic oxidation sites excluding steroid dienone is 1. The van der Waals surface area contributed by atoms with Crippen molar-refractivity contribution in [2.75, 3.05) is 19.8 Å². The predicted octanol–water partition coefficient (Wildman–Crippen LogP) is 3.96. The third kappa shape index (κ3) is 4.81. The lowest BCUT2D eigenvalue weighted by Crippen LogP contribution is -2.57. The van der Waals surface area contributed by atoms with E-state index in [2.05, 4.69) is 13.2 Å². The molecule has 1 aromatic carbocycles. The Bertz CT molecular complexity index is 1060. The molecule has 7 nitrogen and oxygen atoms in total. The normalized spacial score (nSPS) is 30.1. The fourth-order valence-corrected chi connectivity index (χ4v) is 8.99. The first-order valence-corrected chi connectivity index (χ1v) is 14.4. The summed E-state index contributed by atoms with van der Waals surface area (Å²) in [7, 11) is 0. The lowest BCUT2D eigenvalue weighted by molar-refractivity contribution is -0.156. The van der Waals surface area contributed by atoms with Crippen LogP contribution in [0, 0.1) is 11.8 Å². The van der Waals surface area contributed by atoms with Gasteiger partial charge in [0.2, 0.25) is 11.8 Å². The average Bonchev–Trinajstić information content (AvgIpc) is 3.48. The Kier molecular flexibility index (Phi) is 8.72. The molecule has 38 heavy (non-hydrogen) atoms. The summed E-state index contributed by atoms with van der Waals surface area (Å²) in [5, 5.41) is 10.3. The molecule has 3 aliphatic rings. The lowest BCUT2D eigenvalue weighted by atomic mass is 9.66. The molecule has 3 saturated heterocycles. The molecule has 3 heterocycles. The maximum Gasteiger partial charge on any atom is 0.311 e. The van der Waals surface area contributed by atoms with E-state index in [1.54, 1.807) is 33.7 Å². The smallest absolute Gasteiger partial charge is 0.311 e. The molecule has 2 amide bonds. The van der Waals surface area contributed by atoms with Crippen LogP contribution in [0.3, 0.4) is 0 Å². The third-order valence-corrected chi connectivity index (χ3v) is 10.4. The van der Waals surface area contributed by atoms with Gasteiger partial charge < -0.3 is 19.6 Å². The number of fused-ring (bicyclic) bond motifs is 1. The van der Waals surface area contributed by atoms with Crippen LogP contribution in [0.4, 0.5) is 0 Å². The molecule has 2 unspecified atom stereocenters. The van der Waals surface area contributed by atoms with Gasteiger partial charge >= 0.3 is 5.97 Å². The van der Waals surface area contributed by atoms with E-state index in [0.717, 1.165) is 18.4 Å².